The largest absolute Gasteiger partial charge is 0.306 e. The van der Waals surface area contributed by atoms with Gasteiger partial charge in [0.15, 0.2) is 0 Å². The molecule has 0 spiro atoms. The van der Waals surface area contributed by atoms with E-state index in [1.165, 1.54) is 42.6 Å². The van der Waals surface area contributed by atoms with E-state index >= 15 is 0 Å². The van der Waals surface area contributed by atoms with Gasteiger partial charge in [-0.05, 0) is 65.0 Å². The molecule has 1 fully saturated rings. The van der Waals surface area contributed by atoms with E-state index in [-0.39, 0.29) is 5.38 Å². The molecular weight excluding hydrogens is 268 g/mol. The Balaban J connectivity index is 1.95. The summed E-state index contributed by atoms with van der Waals surface area (Å²) in [5.74, 6) is 0. The number of nitrogens with zero attached hydrogens (tertiary/aromatic N) is 2. The highest BCUT2D eigenvalue weighted by molar-refractivity contribution is 6.21. The summed E-state index contributed by atoms with van der Waals surface area (Å²) < 4.78 is 0. The first-order valence-electron chi connectivity index (χ1n) is 7.57. The summed E-state index contributed by atoms with van der Waals surface area (Å²) >= 11 is 6.65. The molecule has 2 nitrogen and oxygen atoms in total. The van der Waals surface area contributed by atoms with Gasteiger partial charge in [0.1, 0.15) is 0 Å². The number of likely N-dealkylation sites (N-methyl/N-ethyl adjacent to an activating group) is 1. The van der Waals surface area contributed by atoms with Crippen LogP contribution in [0.1, 0.15) is 34.9 Å². The standard InChI is InChI=1S/C17H27ClN2/c1-13-5-6-16(14(2)11-13)17(18)12-20(4)15-7-9-19(3)10-8-15/h5-6,11,15,17H,7-10,12H2,1-4H3. The van der Waals surface area contributed by atoms with Crippen LogP contribution in [0, 0.1) is 13.8 Å². The zero-order chi connectivity index (χ0) is 14.7. The Morgan fingerprint density at radius 1 is 1.30 bits per heavy atom. The van der Waals surface area contributed by atoms with Gasteiger partial charge in [-0.15, -0.1) is 11.6 Å². The molecule has 20 heavy (non-hydrogen) atoms. The molecule has 0 radical (unpaired) electrons. The van der Waals surface area contributed by atoms with Crippen LogP contribution in [0.25, 0.3) is 0 Å². The Labute approximate surface area is 128 Å². The first-order valence-corrected chi connectivity index (χ1v) is 8.01. The van der Waals surface area contributed by atoms with Gasteiger partial charge in [-0.1, -0.05) is 23.8 Å². The molecule has 0 N–H and O–H groups in total. The maximum Gasteiger partial charge on any atom is 0.0714 e. The molecule has 1 atom stereocenters. The maximum absolute atomic E-state index is 6.65. The number of rotatable bonds is 4. The highest BCUT2D eigenvalue weighted by Gasteiger charge is 2.23. The quantitative estimate of drug-likeness (QED) is 0.783. The third-order valence-electron chi connectivity index (χ3n) is 4.52. The van der Waals surface area contributed by atoms with E-state index in [4.69, 9.17) is 11.6 Å². The molecule has 0 bridgehead atoms. The van der Waals surface area contributed by atoms with Crippen molar-refractivity contribution in [1.82, 2.24) is 9.80 Å². The van der Waals surface area contributed by atoms with Crippen molar-refractivity contribution >= 4 is 11.6 Å². The van der Waals surface area contributed by atoms with Gasteiger partial charge in [-0.2, -0.15) is 0 Å². The Bertz CT molecular complexity index is 439. The van der Waals surface area contributed by atoms with Gasteiger partial charge in [0.05, 0.1) is 5.38 Å². The SMILES string of the molecule is Cc1ccc(C(Cl)CN(C)C2CCN(C)CC2)c(C)c1. The summed E-state index contributed by atoms with van der Waals surface area (Å²) in [4.78, 5) is 4.86. The fraction of sp³-hybridized carbons (Fsp3) is 0.647. The first kappa shape index (κ1) is 15.8. The Kier molecular flexibility index (Phi) is 5.48. The van der Waals surface area contributed by atoms with Crippen LogP contribution in [0.3, 0.4) is 0 Å². The molecule has 0 saturated carbocycles. The number of hydrogen-bond acceptors (Lipinski definition) is 2. The van der Waals surface area contributed by atoms with Gasteiger partial charge in [0, 0.05) is 12.6 Å². The second-order valence-corrected chi connectivity index (χ2v) is 6.83. The van der Waals surface area contributed by atoms with Crippen molar-refractivity contribution < 1.29 is 0 Å². The topological polar surface area (TPSA) is 6.48 Å². The number of piperidine rings is 1. The molecular formula is C17H27ClN2. The molecule has 1 aromatic carbocycles. The van der Waals surface area contributed by atoms with Crippen molar-refractivity contribution in [3.63, 3.8) is 0 Å². The van der Waals surface area contributed by atoms with Gasteiger partial charge in [-0.25, -0.2) is 0 Å². The van der Waals surface area contributed by atoms with Crippen molar-refractivity contribution in [2.24, 2.45) is 0 Å². The minimum atomic E-state index is 0.0836. The van der Waals surface area contributed by atoms with Crippen LogP contribution in [0.4, 0.5) is 0 Å². The number of alkyl halides is 1. The van der Waals surface area contributed by atoms with Crippen molar-refractivity contribution in [2.45, 2.75) is 38.1 Å². The molecule has 1 heterocycles. The van der Waals surface area contributed by atoms with Crippen LogP contribution in [-0.4, -0.2) is 49.6 Å². The lowest BCUT2D eigenvalue weighted by molar-refractivity contribution is 0.144. The average molecular weight is 295 g/mol. The summed E-state index contributed by atoms with van der Waals surface area (Å²) in [6, 6.07) is 7.25. The first-order chi connectivity index (χ1) is 9.47. The normalized spacial score (nSPS) is 19.5. The lowest BCUT2D eigenvalue weighted by atomic mass is 10.0. The lowest BCUT2D eigenvalue weighted by Gasteiger charge is -2.36. The molecule has 1 unspecified atom stereocenters. The van der Waals surface area contributed by atoms with Gasteiger partial charge >= 0.3 is 0 Å². The summed E-state index contributed by atoms with van der Waals surface area (Å²) in [7, 11) is 4.42. The van der Waals surface area contributed by atoms with Crippen LogP contribution >= 0.6 is 11.6 Å². The number of hydrogen-bond donors (Lipinski definition) is 0. The Morgan fingerprint density at radius 2 is 1.95 bits per heavy atom. The third-order valence-corrected chi connectivity index (χ3v) is 4.90. The van der Waals surface area contributed by atoms with E-state index in [1.807, 2.05) is 0 Å². The smallest absolute Gasteiger partial charge is 0.0714 e. The minimum Gasteiger partial charge on any atom is -0.306 e. The van der Waals surface area contributed by atoms with E-state index in [0.717, 1.165) is 6.54 Å². The molecule has 3 heteroatoms. The van der Waals surface area contributed by atoms with Crippen molar-refractivity contribution in [2.75, 3.05) is 33.7 Å². The number of likely N-dealkylation sites (tertiary alicyclic amines) is 1. The predicted octanol–water partition coefficient (Wildman–Crippen LogP) is 3.61. The summed E-state index contributed by atoms with van der Waals surface area (Å²) in [6.45, 7) is 7.62. The monoisotopic (exact) mass is 294 g/mol. The van der Waals surface area contributed by atoms with Crippen LogP contribution in [0.2, 0.25) is 0 Å². The number of aryl methyl sites for hydroxylation is 2. The highest BCUT2D eigenvalue weighted by Crippen LogP contribution is 2.27. The van der Waals surface area contributed by atoms with Crippen molar-refractivity contribution in [3.05, 3.63) is 34.9 Å². The van der Waals surface area contributed by atoms with E-state index in [1.54, 1.807) is 0 Å². The van der Waals surface area contributed by atoms with Gasteiger partial charge in [0.2, 0.25) is 0 Å². The van der Waals surface area contributed by atoms with Crippen LogP contribution in [0.5, 0.6) is 0 Å². The summed E-state index contributed by atoms with van der Waals surface area (Å²) in [5.41, 5.74) is 3.89. The molecule has 2 rings (SSSR count). The second-order valence-electron chi connectivity index (χ2n) is 6.30. The molecule has 112 valence electrons. The zero-order valence-corrected chi connectivity index (χ0v) is 14.0. The Hall–Kier alpha value is -0.570. The minimum absolute atomic E-state index is 0.0836. The number of halogens is 1. The Morgan fingerprint density at radius 3 is 2.55 bits per heavy atom. The molecule has 0 aliphatic carbocycles. The molecule has 1 aromatic rings. The molecule has 1 aliphatic heterocycles. The van der Waals surface area contributed by atoms with E-state index in [0.29, 0.717) is 6.04 Å². The van der Waals surface area contributed by atoms with E-state index in [9.17, 15) is 0 Å². The fourth-order valence-electron chi connectivity index (χ4n) is 3.11. The number of benzene rings is 1. The van der Waals surface area contributed by atoms with Gasteiger partial charge < -0.3 is 9.80 Å². The van der Waals surface area contributed by atoms with Crippen LogP contribution in [0.15, 0.2) is 18.2 Å². The van der Waals surface area contributed by atoms with Crippen LogP contribution < -0.4 is 0 Å². The zero-order valence-electron chi connectivity index (χ0n) is 13.2. The molecule has 1 saturated heterocycles. The van der Waals surface area contributed by atoms with Crippen molar-refractivity contribution in [3.8, 4) is 0 Å². The highest BCUT2D eigenvalue weighted by atomic mass is 35.5. The molecule has 1 aliphatic rings. The lowest BCUT2D eigenvalue weighted by Crippen LogP contribution is -2.42. The van der Waals surface area contributed by atoms with Crippen molar-refractivity contribution in [1.29, 1.82) is 0 Å². The maximum atomic E-state index is 6.65. The fourth-order valence-corrected chi connectivity index (χ4v) is 3.58. The predicted molar refractivity (Wildman–Crippen MR) is 87.7 cm³/mol. The van der Waals surface area contributed by atoms with E-state index in [2.05, 4.69) is 55.9 Å². The third kappa shape index (κ3) is 3.97. The summed E-state index contributed by atoms with van der Waals surface area (Å²) in [6.07, 6.45) is 2.51. The van der Waals surface area contributed by atoms with E-state index < -0.39 is 0 Å². The summed E-state index contributed by atoms with van der Waals surface area (Å²) in [5, 5.41) is 0.0836. The second kappa shape index (κ2) is 6.93. The molecule has 0 amide bonds. The molecule has 0 aromatic heterocycles. The van der Waals surface area contributed by atoms with Gasteiger partial charge in [0.25, 0.3) is 0 Å². The average Bonchev–Trinajstić information content (AvgIpc) is 2.39. The van der Waals surface area contributed by atoms with Crippen LogP contribution in [-0.2, 0) is 0 Å². The van der Waals surface area contributed by atoms with Gasteiger partial charge in [-0.3, -0.25) is 0 Å².